The molecule has 2 aromatic rings. The largest absolute Gasteiger partial charge is 0.388 e. The van der Waals surface area contributed by atoms with Crippen LogP contribution < -0.4 is 10.9 Å². The molecule has 2 aromatic heterocycles. The van der Waals surface area contributed by atoms with Gasteiger partial charge in [-0.1, -0.05) is 44.7 Å². The van der Waals surface area contributed by atoms with Crippen molar-refractivity contribution in [3.63, 3.8) is 0 Å². The highest BCUT2D eigenvalue weighted by molar-refractivity contribution is 7.13. The maximum atomic E-state index is 12.7. The van der Waals surface area contributed by atoms with Crippen molar-refractivity contribution in [2.75, 3.05) is 40.5 Å². The molecule has 0 unspecified atom stereocenters. The van der Waals surface area contributed by atoms with Gasteiger partial charge < -0.3 is 19.7 Å². The van der Waals surface area contributed by atoms with Crippen LogP contribution in [0.3, 0.4) is 0 Å². The highest BCUT2D eigenvalue weighted by Gasteiger charge is 2.17. The Kier molecular flexibility index (Phi) is 12.8. The number of carbonyl (C=O) groups is 1. The molecule has 10 heteroatoms. The average molecular weight is 464 g/mol. The van der Waals surface area contributed by atoms with Crippen LogP contribution in [0, 0.1) is 0 Å². The van der Waals surface area contributed by atoms with Crippen molar-refractivity contribution in [2.45, 2.75) is 27.4 Å². The number of amides is 2. The number of morpholine rings is 1. The van der Waals surface area contributed by atoms with Crippen molar-refractivity contribution >= 4 is 33.4 Å². The molecule has 1 aliphatic heterocycles. The van der Waals surface area contributed by atoms with Gasteiger partial charge >= 0.3 is 6.03 Å². The number of nitrogens with one attached hydrogen (secondary N) is 1. The Morgan fingerprint density at radius 3 is 2.59 bits per heavy atom. The van der Waals surface area contributed by atoms with E-state index in [9.17, 15) is 9.59 Å². The Bertz CT molecular complexity index is 974. The van der Waals surface area contributed by atoms with E-state index in [2.05, 4.69) is 26.0 Å². The van der Waals surface area contributed by atoms with E-state index in [0.29, 0.717) is 47.8 Å². The minimum atomic E-state index is -0.240. The highest BCUT2D eigenvalue weighted by Crippen LogP contribution is 2.23. The molecule has 0 saturated carbocycles. The summed E-state index contributed by atoms with van der Waals surface area (Å²) < 4.78 is 15.6. The lowest BCUT2D eigenvalue weighted by Gasteiger charge is -2.26. The van der Waals surface area contributed by atoms with E-state index in [0.717, 1.165) is 11.5 Å². The molecule has 0 aromatic carbocycles. The third-order valence-corrected chi connectivity index (χ3v) is 4.88. The summed E-state index contributed by atoms with van der Waals surface area (Å²) in [4.78, 5) is 30.8. The van der Waals surface area contributed by atoms with Gasteiger partial charge in [-0.15, -0.1) is 0 Å². The van der Waals surface area contributed by atoms with Crippen LogP contribution in [0.4, 0.5) is 4.79 Å². The van der Waals surface area contributed by atoms with Gasteiger partial charge in [-0.2, -0.15) is 4.37 Å². The molecule has 9 nitrogen and oxygen atoms in total. The molecule has 1 saturated heterocycles. The van der Waals surface area contributed by atoms with Crippen LogP contribution >= 0.6 is 11.5 Å². The second kappa shape index (κ2) is 15.1. The Balaban J connectivity index is 0.000000944. The first-order chi connectivity index (χ1) is 15.5. The van der Waals surface area contributed by atoms with E-state index < -0.39 is 0 Å². The third-order valence-electron chi connectivity index (χ3n) is 4.05. The van der Waals surface area contributed by atoms with E-state index >= 15 is 0 Å². The summed E-state index contributed by atoms with van der Waals surface area (Å²) in [5.74, 6) is 0. The number of ether oxygens (including phenoxy) is 2. The molecule has 0 aliphatic carbocycles. The molecule has 0 radical (unpaired) electrons. The van der Waals surface area contributed by atoms with Gasteiger partial charge in [0.25, 0.3) is 5.56 Å². The summed E-state index contributed by atoms with van der Waals surface area (Å²) in [7, 11) is 3.25. The van der Waals surface area contributed by atoms with Crippen molar-refractivity contribution in [3.8, 4) is 0 Å². The van der Waals surface area contributed by atoms with Gasteiger partial charge in [0.05, 0.1) is 19.5 Å². The van der Waals surface area contributed by atoms with Gasteiger partial charge in [0.1, 0.15) is 22.6 Å². The minimum Gasteiger partial charge on any atom is -0.388 e. The number of aromatic nitrogens is 3. The summed E-state index contributed by atoms with van der Waals surface area (Å²) in [5, 5.41) is 2.74. The predicted molar refractivity (Wildman–Crippen MR) is 130 cm³/mol. The highest BCUT2D eigenvalue weighted by atomic mass is 32.1. The third kappa shape index (κ3) is 7.70. The molecule has 0 spiro atoms. The molecule has 176 valence electrons. The van der Waals surface area contributed by atoms with E-state index in [1.54, 1.807) is 19.1 Å². The molecule has 0 atom stereocenters. The Hall–Kier alpha value is -2.82. The second-order valence-corrected chi connectivity index (χ2v) is 7.06. The van der Waals surface area contributed by atoms with Crippen molar-refractivity contribution in [3.05, 3.63) is 53.3 Å². The minimum absolute atomic E-state index is 0.0489. The molecule has 3 rings (SSSR count). The smallest absolute Gasteiger partial charge is 0.318 e. The zero-order valence-electron chi connectivity index (χ0n) is 19.5. The average Bonchev–Trinajstić information content (AvgIpc) is 3.26. The number of hydrogen-bond acceptors (Lipinski definition) is 7. The molecule has 3 heterocycles. The molecule has 1 aliphatic rings. The molecule has 1 fully saturated rings. The van der Waals surface area contributed by atoms with Gasteiger partial charge in [-0.3, -0.25) is 9.36 Å². The van der Waals surface area contributed by atoms with Crippen LogP contribution in [-0.2, 0) is 16.1 Å². The second-order valence-electron chi connectivity index (χ2n) is 6.29. The van der Waals surface area contributed by atoms with Crippen molar-refractivity contribution in [1.29, 1.82) is 0 Å². The quantitative estimate of drug-likeness (QED) is 0.683. The fourth-order valence-electron chi connectivity index (χ4n) is 2.57. The lowest BCUT2D eigenvalue weighted by Crippen LogP contribution is -2.47. The SMILES string of the molecule is C=C(/C=C\C=C/C)c1nsc2c(=O)n(CNC(=O)N3CCOCC3)cnc12.CC.COC. The molecule has 0 bridgehead atoms. The fraction of sp³-hybridized carbons (Fsp3) is 0.455. The summed E-state index contributed by atoms with van der Waals surface area (Å²) in [5.41, 5.74) is 1.56. The number of carbonyl (C=O) groups excluding carboxylic acids is 1. The molecule has 1 N–H and O–H groups in total. The monoisotopic (exact) mass is 463 g/mol. The Morgan fingerprint density at radius 1 is 1.31 bits per heavy atom. The first-order valence-corrected chi connectivity index (χ1v) is 11.1. The number of methoxy groups -OCH3 is 1. The molecule has 32 heavy (non-hydrogen) atoms. The van der Waals surface area contributed by atoms with E-state index in [-0.39, 0.29) is 18.3 Å². The van der Waals surface area contributed by atoms with E-state index in [1.807, 2.05) is 45.1 Å². The van der Waals surface area contributed by atoms with E-state index in [1.165, 1.54) is 10.9 Å². The number of fused-ring (bicyclic) bond motifs is 1. The van der Waals surface area contributed by atoms with Crippen LogP contribution in [0.1, 0.15) is 26.5 Å². The maximum absolute atomic E-state index is 12.7. The predicted octanol–water partition coefficient (Wildman–Crippen LogP) is 3.29. The van der Waals surface area contributed by atoms with E-state index in [4.69, 9.17) is 4.74 Å². The first kappa shape index (κ1) is 27.2. The zero-order chi connectivity index (χ0) is 23.9. The summed E-state index contributed by atoms with van der Waals surface area (Å²) in [6, 6.07) is -0.224. The van der Waals surface area contributed by atoms with Gasteiger partial charge in [0, 0.05) is 27.3 Å². The van der Waals surface area contributed by atoms with Gasteiger partial charge in [0.2, 0.25) is 0 Å². The van der Waals surface area contributed by atoms with Gasteiger partial charge in [-0.05, 0) is 24.0 Å². The summed E-state index contributed by atoms with van der Waals surface area (Å²) >= 11 is 1.09. The van der Waals surface area contributed by atoms with Crippen LogP contribution in [0.5, 0.6) is 0 Å². The van der Waals surface area contributed by atoms with Gasteiger partial charge in [-0.25, -0.2) is 9.78 Å². The zero-order valence-corrected chi connectivity index (χ0v) is 20.3. The van der Waals surface area contributed by atoms with Crippen LogP contribution in [0.15, 0.2) is 42.0 Å². The van der Waals surface area contributed by atoms with Crippen LogP contribution in [0.2, 0.25) is 0 Å². The van der Waals surface area contributed by atoms with Crippen molar-refractivity contribution in [2.24, 2.45) is 0 Å². The number of urea groups is 1. The summed E-state index contributed by atoms with van der Waals surface area (Å²) in [6.07, 6.45) is 8.90. The Labute approximate surface area is 193 Å². The molecular weight excluding hydrogens is 430 g/mol. The number of allylic oxidation sites excluding steroid dienone is 5. The number of rotatable bonds is 5. The topological polar surface area (TPSA) is 98.6 Å². The lowest BCUT2D eigenvalue weighted by molar-refractivity contribution is 0.0527. The standard InChI is InChI=1S/C18H21N5O3S.C2H6O.C2H6/c1-3-4-5-6-13(2)14-15-16(27-21-14)17(24)23(11-19-15)12-20-18(25)22-7-9-26-10-8-22;1-3-2;1-2/h3-6,11H,2,7-10,12H2,1H3,(H,20,25);1-2H3;1-2H3/b4-3-,6-5-;;. The van der Waals surface area contributed by atoms with Crippen LogP contribution in [0.25, 0.3) is 15.8 Å². The van der Waals surface area contributed by atoms with Gasteiger partial charge in [0.15, 0.2) is 0 Å². The van der Waals surface area contributed by atoms with Crippen molar-refractivity contribution < 1.29 is 14.3 Å². The van der Waals surface area contributed by atoms with Crippen molar-refractivity contribution in [1.82, 2.24) is 24.1 Å². The number of nitrogens with zero attached hydrogens (tertiary/aromatic N) is 4. The number of hydrogen-bond donors (Lipinski definition) is 1. The van der Waals surface area contributed by atoms with Crippen LogP contribution in [-0.4, -0.2) is 65.4 Å². The molecule has 2 amide bonds. The molecular formula is C22H33N5O4S. The maximum Gasteiger partial charge on any atom is 0.318 e. The summed E-state index contributed by atoms with van der Waals surface area (Å²) in [6.45, 7) is 12.1. The lowest BCUT2D eigenvalue weighted by atomic mass is 10.2. The normalized spacial score (nSPS) is 13.5. The Morgan fingerprint density at radius 2 is 1.97 bits per heavy atom. The fourth-order valence-corrected chi connectivity index (χ4v) is 3.39. The first-order valence-electron chi connectivity index (χ1n) is 10.4.